The molecule has 2 N–H and O–H groups in total. The maximum atomic E-state index is 9.61. The van der Waals surface area contributed by atoms with Gasteiger partial charge in [0.2, 0.25) is 0 Å². The van der Waals surface area contributed by atoms with E-state index in [9.17, 15) is 10.2 Å². The van der Waals surface area contributed by atoms with Crippen LogP contribution in [0.15, 0.2) is 84.9 Å². The number of phenolic OH excluding ortho intramolecular Hbond substituents is 1. The molecule has 0 saturated carbocycles. The minimum Gasteiger partial charge on any atom is -0.508 e. The molecule has 3 rings (SSSR count). The zero-order chi connectivity index (χ0) is 16.8. The van der Waals surface area contributed by atoms with Crippen LogP contribution >= 0.6 is 0 Å². The fourth-order valence-electron chi connectivity index (χ4n) is 2.91. The molecular weight excluding hydrogens is 296 g/mol. The number of phenols is 1. The second kappa shape index (κ2) is 7.62. The van der Waals surface area contributed by atoms with Crippen molar-refractivity contribution in [1.82, 2.24) is 0 Å². The van der Waals surface area contributed by atoms with Crippen LogP contribution in [-0.2, 0) is 0 Å². The Morgan fingerprint density at radius 2 is 1.12 bits per heavy atom. The van der Waals surface area contributed by atoms with E-state index in [0.717, 1.165) is 27.8 Å². The molecule has 24 heavy (non-hydrogen) atoms. The first-order valence-corrected chi connectivity index (χ1v) is 8.04. The van der Waals surface area contributed by atoms with Gasteiger partial charge in [-0.25, -0.2) is 0 Å². The molecule has 0 bridgehead atoms. The van der Waals surface area contributed by atoms with Gasteiger partial charge in [-0.15, -0.1) is 0 Å². The van der Waals surface area contributed by atoms with E-state index in [-0.39, 0.29) is 12.4 Å². The van der Waals surface area contributed by atoms with Crippen LogP contribution in [0.4, 0.5) is 0 Å². The molecular formula is C22H20O2. The molecule has 0 radical (unpaired) electrons. The van der Waals surface area contributed by atoms with E-state index in [2.05, 4.69) is 24.3 Å². The molecule has 0 atom stereocenters. The highest BCUT2D eigenvalue weighted by Gasteiger charge is 2.13. The third-order valence-electron chi connectivity index (χ3n) is 4.00. The Morgan fingerprint density at radius 1 is 0.625 bits per heavy atom. The van der Waals surface area contributed by atoms with Crippen molar-refractivity contribution in [3.8, 4) is 5.75 Å². The molecule has 0 spiro atoms. The lowest BCUT2D eigenvalue weighted by Crippen LogP contribution is -1.97. The molecule has 0 aliphatic heterocycles. The second-order valence-corrected chi connectivity index (χ2v) is 5.61. The highest BCUT2D eigenvalue weighted by molar-refractivity contribution is 5.98. The van der Waals surface area contributed by atoms with Crippen LogP contribution in [0, 0.1) is 0 Å². The standard InChI is InChI=1S/C22H20O2/c23-16-15-21(17-7-3-1-4-8-17)22(18-9-5-2-6-10-18)19-11-13-20(24)14-12-19/h1-14,23-24H,15-16H2/b22-21-. The predicted molar refractivity (Wildman–Crippen MR) is 98.6 cm³/mol. The largest absolute Gasteiger partial charge is 0.508 e. The third kappa shape index (κ3) is 3.55. The molecule has 3 aromatic rings. The van der Waals surface area contributed by atoms with Gasteiger partial charge in [-0.2, -0.15) is 0 Å². The van der Waals surface area contributed by atoms with Crippen molar-refractivity contribution in [2.75, 3.05) is 6.61 Å². The van der Waals surface area contributed by atoms with Crippen LogP contribution < -0.4 is 0 Å². The fourth-order valence-corrected chi connectivity index (χ4v) is 2.91. The summed E-state index contributed by atoms with van der Waals surface area (Å²) < 4.78 is 0. The molecule has 0 heterocycles. The Kier molecular flexibility index (Phi) is 5.09. The first kappa shape index (κ1) is 16.0. The Morgan fingerprint density at radius 3 is 1.67 bits per heavy atom. The van der Waals surface area contributed by atoms with E-state index in [0.29, 0.717) is 6.42 Å². The maximum absolute atomic E-state index is 9.61. The van der Waals surface area contributed by atoms with Gasteiger partial charge in [-0.1, -0.05) is 72.8 Å². The second-order valence-electron chi connectivity index (χ2n) is 5.61. The van der Waals surface area contributed by atoms with Crippen molar-refractivity contribution in [3.05, 3.63) is 102 Å². The first-order valence-electron chi connectivity index (χ1n) is 8.04. The summed E-state index contributed by atoms with van der Waals surface area (Å²) in [6, 6.07) is 27.5. The minimum absolute atomic E-state index is 0.0820. The summed E-state index contributed by atoms with van der Waals surface area (Å²) in [5.74, 6) is 0.245. The Bertz CT molecular complexity index is 804. The summed E-state index contributed by atoms with van der Waals surface area (Å²) in [6.45, 7) is 0.0820. The van der Waals surface area contributed by atoms with Gasteiger partial charge in [0.25, 0.3) is 0 Å². The van der Waals surface area contributed by atoms with E-state index >= 15 is 0 Å². The van der Waals surface area contributed by atoms with Gasteiger partial charge >= 0.3 is 0 Å². The quantitative estimate of drug-likeness (QED) is 0.668. The van der Waals surface area contributed by atoms with Gasteiger partial charge in [0.15, 0.2) is 0 Å². The lowest BCUT2D eigenvalue weighted by molar-refractivity contribution is 0.305. The fraction of sp³-hybridized carbons (Fsp3) is 0.0909. The van der Waals surface area contributed by atoms with Crippen LogP contribution in [0.1, 0.15) is 23.1 Å². The topological polar surface area (TPSA) is 40.5 Å². The zero-order valence-corrected chi connectivity index (χ0v) is 13.4. The van der Waals surface area contributed by atoms with Gasteiger partial charge in [0, 0.05) is 6.61 Å². The van der Waals surface area contributed by atoms with Crippen molar-refractivity contribution in [2.45, 2.75) is 6.42 Å². The number of aromatic hydroxyl groups is 1. The van der Waals surface area contributed by atoms with Crippen LogP contribution in [0.2, 0.25) is 0 Å². The average Bonchev–Trinajstić information content (AvgIpc) is 2.64. The molecule has 0 amide bonds. The molecule has 2 heteroatoms. The molecule has 0 saturated heterocycles. The molecule has 0 aliphatic carbocycles. The van der Waals surface area contributed by atoms with Gasteiger partial charge < -0.3 is 10.2 Å². The molecule has 2 nitrogen and oxygen atoms in total. The van der Waals surface area contributed by atoms with Gasteiger partial charge in [0.05, 0.1) is 0 Å². The maximum Gasteiger partial charge on any atom is 0.115 e. The SMILES string of the molecule is OCC/C(=C(\c1ccccc1)c1ccc(O)cc1)c1ccccc1. The highest BCUT2D eigenvalue weighted by atomic mass is 16.3. The summed E-state index contributed by atoms with van der Waals surface area (Å²) in [5.41, 5.74) is 5.38. The zero-order valence-electron chi connectivity index (χ0n) is 13.4. The van der Waals surface area contributed by atoms with Gasteiger partial charge in [-0.05, 0) is 46.4 Å². The van der Waals surface area contributed by atoms with E-state index in [1.54, 1.807) is 12.1 Å². The lowest BCUT2D eigenvalue weighted by Gasteiger charge is -2.17. The smallest absolute Gasteiger partial charge is 0.115 e. The summed E-state index contributed by atoms with van der Waals surface area (Å²) in [5, 5.41) is 19.2. The summed E-state index contributed by atoms with van der Waals surface area (Å²) in [6.07, 6.45) is 0.565. The molecule has 0 aromatic heterocycles. The molecule has 0 unspecified atom stereocenters. The Hall–Kier alpha value is -2.84. The molecule has 0 aliphatic rings. The van der Waals surface area contributed by atoms with E-state index in [4.69, 9.17) is 0 Å². The summed E-state index contributed by atoms with van der Waals surface area (Å²) in [7, 11) is 0. The molecule has 120 valence electrons. The van der Waals surface area contributed by atoms with Crippen LogP contribution in [0.25, 0.3) is 11.1 Å². The average molecular weight is 316 g/mol. The van der Waals surface area contributed by atoms with Gasteiger partial charge in [-0.3, -0.25) is 0 Å². The first-order chi connectivity index (χ1) is 11.8. The number of hydrogen-bond donors (Lipinski definition) is 2. The van der Waals surface area contributed by atoms with Crippen molar-refractivity contribution in [2.24, 2.45) is 0 Å². The third-order valence-corrected chi connectivity index (χ3v) is 4.00. The predicted octanol–water partition coefficient (Wildman–Crippen LogP) is 4.73. The van der Waals surface area contributed by atoms with Crippen molar-refractivity contribution < 1.29 is 10.2 Å². The van der Waals surface area contributed by atoms with E-state index in [1.165, 1.54) is 0 Å². The van der Waals surface area contributed by atoms with Crippen LogP contribution in [-0.4, -0.2) is 16.8 Å². The van der Waals surface area contributed by atoms with Crippen molar-refractivity contribution >= 4 is 11.1 Å². The van der Waals surface area contributed by atoms with E-state index in [1.807, 2.05) is 48.5 Å². The van der Waals surface area contributed by atoms with Crippen LogP contribution in [0.3, 0.4) is 0 Å². The monoisotopic (exact) mass is 316 g/mol. The number of aliphatic hydroxyl groups is 1. The lowest BCUT2D eigenvalue weighted by atomic mass is 9.88. The van der Waals surface area contributed by atoms with Crippen molar-refractivity contribution in [1.29, 1.82) is 0 Å². The number of benzene rings is 3. The number of rotatable bonds is 5. The highest BCUT2D eigenvalue weighted by Crippen LogP contribution is 2.34. The summed E-state index contributed by atoms with van der Waals surface area (Å²) in [4.78, 5) is 0. The number of aliphatic hydroxyl groups excluding tert-OH is 1. The number of hydrogen-bond acceptors (Lipinski definition) is 2. The molecule has 0 fully saturated rings. The summed E-state index contributed by atoms with van der Waals surface area (Å²) >= 11 is 0. The van der Waals surface area contributed by atoms with Crippen molar-refractivity contribution in [3.63, 3.8) is 0 Å². The minimum atomic E-state index is 0.0820. The normalized spacial score (nSPS) is 11.9. The van der Waals surface area contributed by atoms with Crippen LogP contribution in [0.5, 0.6) is 5.75 Å². The Balaban J connectivity index is 2.26. The van der Waals surface area contributed by atoms with Gasteiger partial charge in [0.1, 0.15) is 5.75 Å². The molecule has 3 aromatic carbocycles. The Labute approximate surface area is 142 Å². The van der Waals surface area contributed by atoms with E-state index < -0.39 is 0 Å².